The van der Waals surface area contributed by atoms with E-state index in [4.69, 9.17) is 0 Å². The maximum Gasteiger partial charge on any atom is 0.116 e. The summed E-state index contributed by atoms with van der Waals surface area (Å²) in [7, 11) is 1.87. The van der Waals surface area contributed by atoms with Crippen LogP contribution in [0.1, 0.15) is 56.7 Å². The van der Waals surface area contributed by atoms with E-state index in [9.17, 15) is 5.11 Å². The first-order chi connectivity index (χ1) is 9.24. The second-order valence-corrected chi connectivity index (χ2v) is 6.04. The molecule has 1 aliphatic carbocycles. The zero-order valence-corrected chi connectivity index (χ0v) is 11.8. The van der Waals surface area contributed by atoms with Crippen molar-refractivity contribution in [3.63, 3.8) is 0 Å². The third-order valence-electron chi connectivity index (χ3n) is 4.99. The van der Waals surface area contributed by atoms with Crippen molar-refractivity contribution in [3.8, 4) is 0 Å². The van der Waals surface area contributed by atoms with Gasteiger partial charge in [0.25, 0.3) is 0 Å². The number of nitrogens with zero attached hydrogens (tertiary/aromatic N) is 4. The number of aliphatic hydroxyl groups excluding tert-OH is 1. The third-order valence-corrected chi connectivity index (χ3v) is 4.99. The van der Waals surface area contributed by atoms with Gasteiger partial charge < -0.3 is 5.11 Å². The number of aromatic nitrogens is 3. The van der Waals surface area contributed by atoms with Crippen molar-refractivity contribution in [2.45, 2.75) is 56.6 Å². The first kappa shape index (κ1) is 13.1. The summed E-state index contributed by atoms with van der Waals surface area (Å²) in [4.78, 5) is 2.54. The molecule has 1 saturated carbocycles. The number of hydrogen-bond donors (Lipinski definition) is 1. The summed E-state index contributed by atoms with van der Waals surface area (Å²) in [5, 5.41) is 18.8. The summed E-state index contributed by atoms with van der Waals surface area (Å²) in [6, 6.07) is 0. The maximum atomic E-state index is 11.0. The monoisotopic (exact) mass is 264 g/mol. The molecular weight excluding hydrogens is 240 g/mol. The summed E-state index contributed by atoms with van der Waals surface area (Å²) in [5.41, 5.74) is 0.781. The summed E-state index contributed by atoms with van der Waals surface area (Å²) >= 11 is 0. The van der Waals surface area contributed by atoms with Crippen molar-refractivity contribution >= 4 is 0 Å². The fourth-order valence-electron chi connectivity index (χ4n) is 3.91. The number of aliphatic hydroxyl groups is 1. The Labute approximate surface area is 114 Å². The molecule has 2 heterocycles. The minimum atomic E-state index is -0.465. The van der Waals surface area contributed by atoms with Gasteiger partial charge in [0.2, 0.25) is 0 Å². The van der Waals surface area contributed by atoms with Crippen molar-refractivity contribution in [2.24, 2.45) is 7.05 Å². The molecule has 5 heteroatoms. The van der Waals surface area contributed by atoms with E-state index < -0.39 is 6.10 Å². The van der Waals surface area contributed by atoms with Gasteiger partial charge in [0.1, 0.15) is 6.10 Å². The van der Waals surface area contributed by atoms with Crippen LogP contribution in [0.3, 0.4) is 0 Å². The van der Waals surface area contributed by atoms with Gasteiger partial charge in [-0.1, -0.05) is 24.5 Å². The van der Waals surface area contributed by atoms with Crippen LogP contribution in [0.25, 0.3) is 0 Å². The largest absolute Gasteiger partial charge is 0.385 e. The van der Waals surface area contributed by atoms with Crippen molar-refractivity contribution in [3.05, 3.63) is 11.9 Å². The summed E-state index contributed by atoms with van der Waals surface area (Å²) in [5.74, 6) is 0. The number of hydrogen-bond acceptors (Lipinski definition) is 4. The molecule has 2 aliphatic rings. The van der Waals surface area contributed by atoms with Gasteiger partial charge in [-0.15, -0.1) is 5.10 Å². The first-order valence-corrected chi connectivity index (χ1v) is 7.52. The van der Waals surface area contributed by atoms with Gasteiger partial charge in [0.05, 0.1) is 17.4 Å². The van der Waals surface area contributed by atoms with E-state index in [1.54, 1.807) is 10.9 Å². The predicted octanol–water partition coefficient (Wildman–Crippen LogP) is 1.65. The second kappa shape index (κ2) is 5.21. The highest BCUT2D eigenvalue weighted by Gasteiger charge is 2.47. The van der Waals surface area contributed by atoms with E-state index in [2.05, 4.69) is 15.2 Å². The Hall–Kier alpha value is -0.940. The summed E-state index contributed by atoms with van der Waals surface area (Å²) in [6.45, 7) is 2.25. The Morgan fingerprint density at radius 1 is 1.16 bits per heavy atom. The van der Waals surface area contributed by atoms with Crippen LogP contribution >= 0.6 is 0 Å². The molecule has 1 aromatic rings. The standard InChI is InChI=1S/C14H24N4O/c1-17-12(11-15-16-17)13(19)14(7-3-4-8-14)18-9-5-2-6-10-18/h11,13,19H,2-10H2,1H3. The molecule has 0 bridgehead atoms. The van der Waals surface area contributed by atoms with Crippen LogP contribution in [0.4, 0.5) is 0 Å². The lowest BCUT2D eigenvalue weighted by Gasteiger charge is -2.46. The van der Waals surface area contributed by atoms with Crippen LogP contribution in [0.5, 0.6) is 0 Å². The molecule has 1 atom stereocenters. The van der Waals surface area contributed by atoms with E-state index in [0.29, 0.717) is 0 Å². The Kier molecular flexibility index (Phi) is 3.58. The second-order valence-electron chi connectivity index (χ2n) is 6.04. The Bertz CT molecular complexity index is 419. The number of rotatable bonds is 3. The fraction of sp³-hybridized carbons (Fsp3) is 0.857. The molecule has 1 aromatic heterocycles. The zero-order chi connectivity index (χ0) is 13.3. The quantitative estimate of drug-likeness (QED) is 0.902. The number of piperidine rings is 1. The molecule has 106 valence electrons. The minimum Gasteiger partial charge on any atom is -0.385 e. The Morgan fingerprint density at radius 3 is 2.42 bits per heavy atom. The van der Waals surface area contributed by atoms with Crippen LogP contribution < -0.4 is 0 Å². The molecule has 1 N–H and O–H groups in total. The molecule has 0 amide bonds. The van der Waals surface area contributed by atoms with Gasteiger partial charge in [0, 0.05) is 7.05 Å². The molecule has 1 unspecified atom stereocenters. The topological polar surface area (TPSA) is 54.2 Å². The molecule has 1 aliphatic heterocycles. The average Bonchev–Trinajstić information content (AvgIpc) is 3.08. The van der Waals surface area contributed by atoms with E-state index in [-0.39, 0.29) is 5.54 Å². The Balaban J connectivity index is 1.89. The molecule has 0 aromatic carbocycles. The van der Waals surface area contributed by atoms with E-state index in [0.717, 1.165) is 31.6 Å². The first-order valence-electron chi connectivity index (χ1n) is 7.52. The molecule has 3 rings (SSSR count). The van der Waals surface area contributed by atoms with Gasteiger partial charge >= 0.3 is 0 Å². The van der Waals surface area contributed by atoms with Gasteiger partial charge in [-0.25, -0.2) is 4.68 Å². The smallest absolute Gasteiger partial charge is 0.116 e. The lowest BCUT2D eigenvalue weighted by atomic mass is 9.85. The average molecular weight is 264 g/mol. The van der Waals surface area contributed by atoms with Crippen LogP contribution in [-0.2, 0) is 7.05 Å². The molecule has 0 spiro atoms. The van der Waals surface area contributed by atoms with E-state index in [1.807, 2.05) is 7.05 Å². The zero-order valence-electron chi connectivity index (χ0n) is 11.8. The molecular formula is C14H24N4O. The van der Waals surface area contributed by atoms with Crippen LogP contribution in [0.15, 0.2) is 6.20 Å². The fourth-order valence-corrected chi connectivity index (χ4v) is 3.91. The summed E-state index contributed by atoms with van der Waals surface area (Å²) < 4.78 is 1.72. The molecule has 1 saturated heterocycles. The van der Waals surface area contributed by atoms with E-state index >= 15 is 0 Å². The van der Waals surface area contributed by atoms with Gasteiger partial charge in [-0.2, -0.15) is 0 Å². The van der Waals surface area contributed by atoms with Crippen LogP contribution in [0.2, 0.25) is 0 Å². The Morgan fingerprint density at radius 2 is 1.84 bits per heavy atom. The van der Waals surface area contributed by atoms with Crippen LogP contribution in [0, 0.1) is 0 Å². The van der Waals surface area contributed by atoms with Gasteiger partial charge in [0.15, 0.2) is 0 Å². The number of aryl methyl sites for hydroxylation is 1. The van der Waals surface area contributed by atoms with Crippen molar-refractivity contribution in [1.29, 1.82) is 0 Å². The van der Waals surface area contributed by atoms with Gasteiger partial charge in [-0.05, 0) is 38.8 Å². The molecule has 0 radical (unpaired) electrons. The molecule has 2 fully saturated rings. The molecule has 5 nitrogen and oxygen atoms in total. The van der Waals surface area contributed by atoms with Crippen molar-refractivity contribution in [2.75, 3.05) is 13.1 Å². The normalized spacial score (nSPS) is 25.6. The minimum absolute atomic E-state index is 0.0735. The van der Waals surface area contributed by atoms with Crippen LogP contribution in [-0.4, -0.2) is 43.6 Å². The highest BCUT2D eigenvalue weighted by molar-refractivity contribution is 5.12. The lowest BCUT2D eigenvalue weighted by molar-refractivity contribution is -0.0440. The summed E-state index contributed by atoms with van der Waals surface area (Å²) in [6.07, 6.45) is 9.74. The molecule has 19 heavy (non-hydrogen) atoms. The highest BCUT2D eigenvalue weighted by Crippen LogP contribution is 2.45. The third kappa shape index (κ3) is 2.19. The van der Waals surface area contributed by atoms with Crippen molar-refractivity contribution < 1.29 is 5.11 Å². The predicted molar refractivity (Wildman–Crippen MR) is 72.6 cm³/mol. The maximum absolute atomic E-state index is 11.0. The highest BCUT2D eigenvalue weighted by atomic mass is 16.3. The van der Waals surface area contributed by atoms with Gasteiger partial charge in [-0.3, -0.25) is 4.90 Å². The van der Waals surface area contributed by atoms with E-state index in [1.165, 1.54) is 32.1 Å². The van der Waals surface area contributed by atoms with Crippen molar-refractivity contribution in [1.82, 2.24) is 19.9 Å². The lowest BCUT2D eigenvalue weighted by Crippen LogP contribution is -2.53. The number of likely N-dealkylation sites (tertiary alicyclic amines) is 1. The SMILES string of the molecule is Cn1nncc1C(O)C1(N2CCCCC2)CCCC1.